The molecule has 10 heteroatoms. The van der Waals surface area contributed by atoms with Gasteiger partial charge in [-0.2, -0.15) is 9.61 Å². The Bertz CT molecular complexity index is 1140. The number of hydrogen-bond donors (Lipinski definition) is 0. The second-order valence-corrected chi connectivity index (χ2v) is 9.07. The Hall–Kier alpha value is -2.46. The second kappa shape index (κ2) is 7.17. The molecular formula is C18H19N5O3S2. The minimum atomic E-state index is -0.428. The maximum atomic E-state index is 12.9. The van der Waals surface area contributed by atoms with Crippen molar-refractivity contribution >= 4 is 39.3 Å². The van der Waals surface area contributed by atoms with E-state index in [4.69, 9.17) is 0 Å². The molecule has 0 radical (unpaired) electrons. The van der Waals surface area contributed by atoms with Gasteiger partial charge in [-0.15, -0.1) is 11.3 Å². The van der Waals surface area contributed by atoms with Crippen LogP contribution in [0.3, 0.4) is 0 Å². The van der Waals surface area contributed by atoms with Gasteiger partial charge in [0.05, 0.1) is 15.6 Å². The van der Waals surface area contributed by atoms with Gasteiger partial charge in [-0.1, -0.05) is 11.3 Å². The third-order valence-corrected chi connectivity index (χ3v) is 7.14. The Balaban J connectivity index is 1.50. The number of carbonyl (C=O) groups excluding carboxylic acids is 2. The normalized spacial score (nSPS) is 15.3. The van der Waals surface area contributed by atoms with Crippen molar-refractivity contribution in [3.05, 3.63) is 42.7 Å². The van der Waals surface area contributed by atoms with Gasteiger partial charge >= 0.3 is 0 Å². The van der Waals surface area contributed by atoms with Gasteiger partial charge in [-0.05, 0) is 26.7 Å². The molecule has 1 fully saturated rings. The number of carbonyl (C=O) groups is 2. The third kappa shape index (κ3) is 3.26. The van der Waals surface area contributed by atoms with Gasteiger partial charge in [0.25, 0.3) is 11.5 Å². The summed E-state index contributed by atoms with van der Waals surface area (Å²) in [5, 5.41) is 5.81. The summed E-state index contributed by atoms with van der Waals surface area (Å²) in [5.74, 6) is -0.0472. The maximum absolute atomic E-state index is 12.9. The van der Waals surface area contributed by atoms with Crippen LogP contribution in [-0.4, -0.2) is 49.3 Å². The number of hydrogen-bond acceptors (Lipinski definition) is 8. The average Bonchev–Trinajstić information content (AvgIpc) is 3.24. The molecule has 8 nitrogen and oxygen atoms in total. The van der Waals surface area contributed by atoms with Crippen molar-refractivity contribution in [3.8, 4) is 0 Å². The van der Waals surface area contributed by atoms with Crippen LogP contribution in [0.2, 0.25) is 0 Å². The first-order valence-corrected chi connectivity index (χ1v) is 10.6. The van der Waals surface area contributed by atoms with Crippen LogP contribution >= 0.6 is 22.7 Å². The molecule has 3 aromatic rings. The van der Waals surface area contributed by atoms with Crippen LogP contribution in [0.1, 0.15) is 61.4 Å². The first-order valence-electron chi connectivity index (χ1n) is 8.98. The summed E-state index contributed by atoms with van der Waals surface area (Å²) in [6.45, 7) is 6.28. The fourth-order valence-corrected chi connectivity index (χ4v) is 5.28. The molecule has 4 rings (SSSR count). The van der Waals surface area contributed by atoms with Crippen molar-refractivity contribution in [2.24, 2.45) is 0 Å². The van der Waals surface area contributed by atoms with Crippen LogP contribution < -0.4 is 5.56 Å². The van der Waals surface area contributed by atoms with Gasteiger partial charge in [0, 0.05) is 32.1 Å². The molecule has 0 bridgehead atoms. The molecule has 0 saturated carbocycles. The highest BCUT2D eigenvalue weighted by Crippen LogP contribution is 2.33. The quantitative estimate of drug-likeness (QED) is 0.607. The fraction of sp³-hybridized carbons (Fsp3) is 0.444. The maximum Gasteiger partial charge on any atom is 0.288 e. The molecule has 28 heavy (non-hydrogen) atoms. The number of aryl methyl sites for hydroxylation is 2. The molecule has 0 aliphatic carbocycles. The number of thiazole rings is 1. The molecule has 3 aromatic heterocycles. The molecule has 1 aliphatic rings. The Morgan fingerprint density at radius 1 is 1.18 bits per heavy atom. The summed E-state index contributed by atoms with van der Waals surface area (Å²) in [5.41, 5.74) is 0.394. The molecule has 0 N–H and O–H groups in total. The Morgan fingerprint density at radius 2 is 1.89 bits per heavy atom. The van der Waals surface area contributed by atoms with Crippen LogP contribution in [0, 0.1) is 13.8 Å². The Morgan fingerprint density at radius 3 is 2.54 bits per heavy atom. The van der Waals surface area contributed by atoms with E-state index in [-0.39, 0.29) is 23.2 Å². The number of ketones is 1. The molecule has 0 atom stereocenters. The van der Waals surface area contributed by atoms with Gasteiger partial charge in [0.2, 0.25) is 4.96 Å². The lowest BCUT2D eigenvalue weighted by atomic mass is 9.97. The van der Waals surface area contributed by atoms with E-state index in [1.807, 2.05) is 6.92 Å². The molecule has 1 aliphatic heterocycles. The van der Waals surface area contributed by atoms with Crippen molar-refractivity contribution < 1.29 is 9.59 Å². The number of amides is 1. The van der Waals surface area contributed by atoms with E-state index in [0.29, 0.717) is 22.9 Å². The number of aromatic nitrogens is 4. The van der Waals surface area contributed by atoms with Crippen LogP contribution in [0.4, 0.5) is 0 Å². The summed E-state index contributed by atoms with van der Waals surface area (Å²) in [6.07, 6.45) is 2.86. The topological polar surface area (TPSA) is 97.5 Å². The highest BCUT2D eigenvalue weighted by molar-refractivity contribution is 7.16. The van der Waals surface area contributed by atoms with E-state index in [0.717, 1.165) is 28.6 Å². The van der Waals surface area contributed by atoms with E-state index < -0.39 is 5.56 Å². The highest BCUT2D eigenvalue weighted by atomic mass is 32.1. The second-order valence-electron chi connectivity index (χ2n) is 6.88. The van der Waals surface area contributed by atoms with E-state index >= 15 is 0 Å². The summed E-state index contributed by atoms with van der Waals surface area (Å²) < 4.78 is 1.20. The zero-order valence-corrected chi connectivity index (χ0v) is 17.4. The number of likely N-dealkylation sites (tertiary alicyclic amines) is 1. The monoisotopic (exact) mass is 417 g/mol. The van der Waals surface area contributed by atoms with Gasteiger partial charge in [0.15, 0.2) is 5.78 Å². The summed E-state index contributed by atoms with van der Waals surface area (Å²) >= 11 is 2.76. The molecule has 146 valence electrons. The predicted octanol–water partition coefficient (Wildman–Crippen LogP) is 2.45. The predicted molar refractivity (Wildman–Crippen MR) is 107 cm³/mol. The van der Waals surface area contributed by atoms with Crippen LogP contribution in [-0.2, 0) is 0 Å². The van der Waals surface area contributed by atoms with Crippen LogP contribution in [0.25, 0.3) is 4.96 Å². The van der Waals surface area contributed by atoms with Crippen molar-refractivity contribution in [1.82, 2.24) is 24.5 Å². The summed E-state index contributed by atoms with van der Waals surface area (Å²) in [7, 11) is 0. The summed E-state index contributed by atoms with van der Waals surface area (Å²) in [6, 6.07) is 0. The van der Waals surface area contributed by atoms with Crippen LogP contribution in [0.5, 0.6) is 0 Å². The number of Topliss-reactive ketones (excluding diaryl/α,β-unsaturated/α-hetero) is 1. The van der Waals surface area contributed by atoms with E-state index in [1.54, 1.807) is 18.7 Å². The first-order chi connectivity index (χ1) is 13.3. The molecule has 1 saturated heterocycles. The molecule has 0 spiro atoms. The van der Waals surface area contributed by atoms with Crippen molar-refractivity contribution in [3.63, 3.8) is 0 Å². The van der Waals surface area contributed by atoms with Gasteiger partial charge in [0.1, 0.15) is 10.6 Å². The SMILES string of the molecule is CC(=O)c1sc(C2CCN(C(=O)c3cnc4sc(C)nn4c3=O)CC2)nc1C. The zero-order chi connectivity index (χ0) is 20.0. The van der Waals surface area contributed by atoms with E-state index in [1.165, 1.54) is 33.4 Å². The smallest absolute Gasteiger partial charge is 0.288 e. The number of piperidine rings is 1. The van der Waals surface area contributed by atoms with Gasteiger partial charge in [-0.3, -0.25) is 14.4 Å². The van der Waals surface area contributed by atoms with E-state index in [9.17, 15) is 14.4 Å². The molecule has 4 heterocycles. The molecule has 1 amide bonds. The first kappa shape index (κ1) is 18.9. The average molecular weight is 418 g/mol. The van der Waals surface area contributed by atoms with Crippen molar-refractivity contribution in [2.45, 2.75) is 39.5 Å². The minimum Gasteiger partial charge on any atom is -0.338 e. The fourth-order valence-electron chi connectivity index (χ4n) is 3.45. The molecule has 0 aromatic carbocycles. The minimum absolute atomic E-state index is 0.0366. The van der Waals surface area contributed by atoms with Crippen LogP contribution in [0.15, 0.2) is 11.0 Å². The molecule has 0 unspecified atom stereocenters. The van der Waals surface area contributed by atoms with Crippen molar-refractivity contribution in [2.75, 3.05) is 13.1 Å². The lowest BCUT2D eigenvalue weighted by Crippen LogP contribution is -2.40. The van der Waals surface area contributed by atoms with Gasteiger partial charge in [-0.25, -0.2) is 9.97 Å². The number of fused-ring (bicyclic) bond motifs is 1. The lowest BCUT2D eigenvalue weighted by Gasteiger charge is -2.30. The summed E-state index contributed by atoms with van der Waals surface area (Å²) in [4.78, 5) is 48.7. The van der Waals surface area contributed by atoms with Crippen molar-refractivity contribution in [1.29, 1.82) is 0 Å². The third-order valence-electron chi connectivity index (χ3n) is 4.88. The lowest BCUT2D eigenvalue weighted by molar-refractivity contribution is 0.0710. The molecular weight excluding hydrogens is 398 g/mol. The number of nitrogens with zero attached hydrogens (tertiary/aromatic N) is 5. The number of rotatable bonds is 3. The standard InChI is InChI=1S/C18H19N5O3S2/c1-9-14(10(2)24)28-15(20-9)12-4-6-22(7-5-12)16(25)13-8-19-18-23(17(13)26)21-11(3)27-18/h8,12H,4-7H2,1-3H3. The zero-order valence-electron chi connectivity index (χ0n) is 15.8. The Kier molecular flexibility index (Phi) is 4.84. The largest absolute Gasteiger partial charge is 0.338 e. The van der Waals surface area contributed by atoms with Gasteiger partial charge < -0.3 is 4.90 Å². The Labute approximate surface area is 168 Å². The highest BCUT2D eigenvalue weighted by Gasteiger charge is 2.29. The van der Waals surface area contributed by atoms with E-state index in [2.05, 4.69) is 15.1 Å².